The first-order valence-electron chi connectivity index (χ1n) is 3.86. The minimum atomic E-state index is -5.08. The fraction of sp³-hybridized carbons (Fsp3) is 0.375. The highest BCUT2D eigenvalue weighted by molar-refractivity contribution is 5.34. The Bertz CT molecular complexity index is 389. The fourth-order valence-corrected chi connectivity index (χ4v) is 1.04. The van der Waals surface area contributed by atoms with Crippen LogP contribution in [0.4, 0.5) is 26.3 Å². The summed E-state index contributed by atoms with van der Waals surface area (Å²) in [6.07, 6.45) is -8.41. The standard InChI is InChI=1S/C8H5F6NO/c1-16-7-4(6(10)11)5(9)3(2-15-7)8(12,13)14/h2,6H,1H3. The molecule has 0 saturated carbocycles. The third-order valence-electron chi connectivity index (χ3n) is 1.73. The lowest BCUT2D eigenvalue weighted by molar-refractivity contribution is -0.140. The van der Waals surface area contributed by atoms with E-state index in [1.165, 1.54) is 0 Å². The molecule has 2 nitrogen and oxygen atoms in total. The second kappa shape index (κ2) is 4.18. The Balaban J connectivity index is 3.44. The predicted octanol–water partition coefficient (Wildman–Crippen LogP) is 3.19. The largest absolute Gasteiger partial charge is 0.481 e. The lowest BCUT2D eigenvalue weighted by atomic mass is 10.1. The van der Waals surface area contributed by atoms with Crippen LogP contribution < -0.4 is 4.74 Å². The number of hydrogen-bond acceptors (Lipinski definition) is 2. The Morgan fingerprint density at radius 2 is 1.88 bits per heavy atom. The monoisotopic (exact) mass is 245 g/mol. The van der Waals surface area contributed by atoms with Gasteiger partial charge in [0.2, 0.25) is 5.88 Å². The van der Waals surface area contributed by atoms with Gasteiger partial charge in [0.25, 0.3) is 6.43 Å². The number of methoxy groups -OCH3 is 1. The number of alkyl halides is 5. The van der Waals surface area contributed by atoms with Gasteiger partial charge in [-0.05, 0) is 0 Å². The molecule has 0 N–H and O–H groups in total. The maximum Gasteiger partial charge on any atom is 0.420 e. The summed E-state index contributed by atoms with van der Waals surface area (Å²) in [6.45, 7) is 0. The van der Waals surface area contributed by atoms with Crippen molar-refractivity contribution in [2.75, 3.05) is 7.11 Å². The molecule has 0 fully saturated rings. The molecule has 0 spiro atoms. The summed E-state index contributed by atoms with van der Waals surface area (Å²) in [4.78, 5) is 2.98. The van der Waals surface area contributed by atoms with Crippen molar-refractivity contribution in [2.24, 2.45) is 0 Å². The first-order chi connectivity index (χ1) is 7.29. The van der Waals surface area contributed by atoms with E-state index in [1.54, 1.807) is 0 Å². The lowest BCUT2D eigenvalue weighted by Crippen LogP contribution is -2.12. The number of rotatable bonds is 2. The van der Waals surface area contributed by atoms with Crippen LogP contribution >= 0.6 is 0 Å². The maximum absolute atomic E-state index is 13.1. The summed E-state index contributed by atoms with van der Waals surface area (Å²) in [6, 6.07) is 0. The third kappa shape index (κ3) is 2.20. The van der Waals surface area contributed by atoms with E-state index < -0.39 is 35.4 Å². The van der Waals surface area contributed by atoms with Crippen LogP contribution in [0.1, 0.15) is 17.6 Å². The van der Waals surface area contributed by atoms with Gasteiger partial charge in [-0.25, -0.2) is 18.2 Å². The zero-order valence-electron chi connectivity index (χ0n) is 7.78. The highest BCUT2D eigenvalue weighted by Crippen LogP contribution is 2.37. The first-order valence-corrected chi connectivity index (χ1v) is 3.86. The average Bonchev–Trinajstić information content (AvgIpc) is 2.14. The summed E-state index contributed by atoms with van der Waals surface area (Å²) in [5.41, 5.74) is -3.33. The Morgan fingerprint density at radius 1 is 1.31 bits per heavy atom. The van der Waals surface area contributed by atoms with Gasteiger partial charge in [-0.15, -0.1) is 0 Å². The minimum Gasteiger partial charge on any atom is -0.481 e. The SMILES string of the molecule is COc1ncc(C(F)(F)F)c(F)c1C(F)F. The number of hydrogen-bond donors (Lipinski definition) is 0. The van der Waals surface area contributed by atoms with Crippen molar-refractivity contribution in [1.29, 1.82) is 0 Å². The minimum absolute atomic E-state index is 0.111. The van der Waals surface area contributed by atoms with Gasteiger partial charge in [0.15, 0.2) is 5.82 Å². The average molecular weight is 245 g/mol. The van der Waals surface area contributed by atoms with Gasteiger partial charge >= 0.3 is 6.18 Å². The summed E-state index contributed by atoms with van der Waals surface area (Å²) in [7, 11) is 0.904. The van der Waals surface area contributed by atoms with Crippen molar-refractivity contribution < 1.29 is 31.1 Å². The normalized spacial score (nSPS) is 12.0. The van der Waals surface area contributed by atoms with Gasteiger partial charge < -0.3 is 4.74 Å². The van der Waals surface area contributed by atoms with Crippen molar-refractivity contribution in [1.82, 2.24) is 4.98 Å². The van der Waals surface area contributed by atoms with Crippen LogP contribution in [0, 0.1) is 5.82 Å². The van der Waals surface area contributed by atoms with Gasteiger partial charge in [0.05, 0.1) is 7.11 Å². The van der Waals surface area contributed by atoms with Crippen molar-refractivity contribution in [3.05, 3.63) is 23.1 Å². The molecule has 1 aromatic heterocycles. The second-order valence-electron chi connectivity index (χ2n) is 2.71. The highest BCUT2D eigenvalue weighted by atomic mass is 19.4. The van der Waals surface area contributed by atoms with E-state index in [4.69, 9.17) is 0 Å². The third-order valence-corrected chi connectivity index (χ3v) is 1.73. The van der Waals surface area contributed by atoms with Gasteiger partial charge in [0.1, 0.15) is 11.1 Å². The van der Waals surface area contributed by atoms with Crippen LogP contribution in [-0.4, -0.2) is 12.1 Å². The molecule has 1 aromatic rings. The van der Waals surface area contributed by atoms with E-state index >= 15 is 0 Å². The van der Waals surface area contributed by atoms with Crippen LogP contribution in [0.2, 0.25) is 0 Å². The van der Waals surface area contributed by atoms with Crippen LogP contribution in [0.3, 0.4) is 0 Å². The Morgan fingerprint density at radius 3 is 2.25 bits per heavy atom. The number of pyridine rings is 1. The van der Waals surface area contributed by atoms with Gasteiger partial charge in [-0.2, -0.15) is 13.2 Å². The Kier molecular flexibility index (Phi) is 3.30. The van der Waals surface area contributed by atoms with E-state index in [9.17, 15) is 26.3 Å². The molecule has 0 amide bonds. The molecule has 0 aliphatic heterocycles. The molecule has 0 radical (unpaired) electrons. The van der Waals surface area contributed by atoms with Crippen LogP contribution in [-0.2, 0) is 6.18 Å². The summed E-state index contributed by atoms with van der Waals surface area (Å²) in [5, 5.41) is 0. The molecule has 0 atom stereocenters. The number of ether oxygens (including phenoxy) is 1. The van der Waals surface area contributed by atoms with Crippen molar-refractivity contribution in [2.45, 2.75) is 12.6 Å². The lowest BCUT2D eigenvalue weighted by Gasteiger charge is -2.12. The molecule has 0 saturated heterocycles. The van der Waals surface area contributed by atoms with Crippen molar-refractivity contribution in [3.63, 3.8) is 0 Å². The number of nitrogens with zero attached hydrogens (tertiary/aromatic N) is 1. The molecular weight excluding hydrogens is 240 g/mol. The molecular formula is C8H5F6NO. The molecule has 0 aliphatic carbocycles. The van der Waals surface area contributed by atoms with Gasteiger partial charge in [-0.3, -0.25) is 0 Å². The van der Waals surface area contributed by atoms with Crippen molar-refractivity contribution in [3.8, 4) is 5.88 Å². The van der Waals surface area contributed by atoms with E-state index in [1.807, 2.05) is 0 Å². The summed E-state index contributed by atoms with van der Waals surface area (Å²) >= 11 is 0. The molecule has 90 valence electrons. The van der Waals surface area contributed by atoms with Crippen molar-refractivity contribution >= 4 is 0 Å². The Labute approximate surface area is 85.9 Å². The second-order valence-corrected chi connectivity index (χ2v) is 2.71. The van der Waals surface area contributed by atoms with E-state index in [0.29, 0.717) is 0 Å². The zero-order valence-corrected chi connectivity index (χ0v) is 7.78. The summed E-state index contributed by atoms with van der Waals surface area (Å²) < 4.78 is 78.5. The molecule has 0 aromatic carbocycles. The predicted molar refractivity (Wildman–Crippen MR) is 40.7 cm³/mol. The molecule has 0 bridgehead atoms. The topological polar surface area (TPSA) is 22.1 Å². The number of halogens is 6. The molecule has 8 heteroatoms. The van der Waals surface area contributed by atoms with E-state index in [0.717, 1.165) is 7.11 Å². The first kappa shape index (κ1) is 12.6. The molecule has 0 aliphatic rings. The smallest absolute Gasteiger partial charge is 0.420 e. The Hall–Kier alpha value is -1.47. The van der Waals surface area contributed by atoms with E-state index in [-0.39, 0.29) is 6.20 Å². The highest BCUT2D eigenvalue weighted by Gasteiger charge is 2.38. The van der Waals surface area contributed by atoms with Crippen LogP contribution in [0.15, 0.2) is 6.20 Å². The zero-order chi connectivity index (χ0) is 12.5. The molecule has 1 heterocycles. The fourth-order valence-electron chi connectivity index (χ4n) is 1.04. The van der Waals surface area contributed by atoms with Gasteiger partial charge in [-0.1, -0.05) is 0 Å². The molecule has 16 heavy (non-hydrogen) atoms. The molecule has 0 unspecified atom stereocenters. The van der Waals surface area contributed by atoms with Gasteiger partial charge in [0, 0.05) is 6.20 Å². The quantitative estimate of drug-likeness (QED) is 0.746. The van der Waals surface area contributed by atoms with E-state index in [2.05, 4.69) is 9.72 Å². The van der Waals surface area contributed by atoms with Crippen LogP contribution in [0.25, 0.3) is 0 Å². The maximum atomic E-state index is 13.1. The molecule has 1 rings (SSSR count). The number of aromatic nitrogens is 1. The van der Waals surface area contributed by atoms with Crippen LogP contribution in [0.5, 0.6) is 5.88 Å². The summed E-state index contributed by atoms with van der Waals surface area (Å²) in [5.74, 6) is -2.92.